The van der Waals surface area contributed by atoms with Crippen molar-refractivity contribution in [2.75, 3.05) is 18.1 Å². The zero-order chi connectivity index (χ0) is 37.9. The number of hydrogen-bond donors (Lipinski definition) is 2. The number of alkyl halides is 1. The molecule has 0 aromatic heterocycles. The molecular formula is C41H52BrN3O7. The SMILES string of the molecule is C=CCCC(=O)N[C@H](C)[C@@H](OC(=O)[C@H]1[C@@H]2O[C@@]3(CC2Br)[C@@H]1C(=O)N([C@@H](CO)[C@@H](C)CC)[C@@H]3C(=O)N(CC=C)c1cc(C)ccc1C)c1ccccc1. The molecule has 2 N–H and O–H groups in total. The van der Waals surface area contributed by atoms with Gasteiger partial charge in [-0.15, -0.1) is 13.2 Å². The van der Waals surface area contributed by atoms with Crippen molar-refractivity contribution in [1.82, 2.24) is 10.2 Å². The van der Waals surface area contributed by atoms with Gasteiger partial charge in [-0.1, -0.05) is 90.8 Å². The summed E-state index contributed by atoms with van der Waals surface area (Å²) in [6.07, 6.45) is 3.39. The molecule has 3 saturated heterocycles. The molecule has 0 saturated carbocycles. The molecule has 2 aromatic rings. The van der Waals surface area contributed by atoms with E-state index in [4.69, 9.17) is 9.47 Å². The molecule has 2 aromatic carbocycles. The van der Waals surface area contributed by atoms with Crippen LogP contribution in [0.4, 0.5) is 5.69 Å². The third-order valence-corrected chi connectivity index (χ3v) is 11.9. The van der Waals surface area contributed by atoms with Crippen molar-refractivity contribution in [2.24, 2.45) is 17.8 Å². The zero-order valence-electron chi connectivity index (χ0n) is 30.8. The lowest BCUT2D eigenvalue weighted by atomic mass is 9.70. The minimum Gasteiger partial charge on any atom is -0.455 e. The van der Waals surface area contributed by atoms with Crippen molar-refractivity contribution in [1.29, 1.82) is 0 Å². The summed E-state index contributed by atoms with van der Waals surface area (Å²) in [7, 11) is 0. The number of likely N-dealkylation sites (tertiary alicyclic amines) is 1. The average molecular weight is 779 g/mol. The molecular weight excluding hydrogens is 726 g/mol. The van der Waals surface area contributed by atoms with E-state index < -0.39 is 59.6 Å². The molecule has 52 heavy (non-hydrogen) atoms. The van der Waals surface area contributed by atoms with E-state index in [9.17, 15) is 19.5 Å². The fourth-order valence-electron chi connectivity index (χ4n) is 8.32. The van der Waals surface area contributed by atoms with E-state index in [0.717, 1.165) is 11.1 Å². The lowest BCUT2D eigenvalue weighted by Crippen LogP contribution is -2.60. The quantitative estimate of drug-likeness (QED) is 0.127. The van der Waals surface area contributed by atoms with E-state index in [2.05, 4.69) is 34.4 Å². The van der Waals surface area contributed by atoms with Gasteiger partial charge in [-0.3, -0.25) is 19.2 Å². The number of halogens is 1. The first-order valence-electron chi connectivity index (χ1n) is 18.2. The Bertz CT molecular complexity index is 1670. The minimum absolute atomic E-state index is 0.164. The number of amides is 3. The smallest absolute Gasteiger partial charge is 0.313 e. The first kappa shape index (κ1) is 39.4. The summed E-state index contributed by atoms with van der Waals surface area (Å²) in [5.41, 5.74) is 1.84. The number of rotatable bonds is 16. The molecule has 280 valence electrons. The lowest BCUT2D eigenvalue weighted by molar-refractivity contribution is -0.162. The van der Waals surface area contributed by atoms with Crippen molar-refractivity contribution in [2.45, 2.75) is 101 Å². The number of anilines is 1. The van der Waals surface area contributed by atoms with Crippen molar-refractivity contribution in [3.8, 4) is 0 Å². The number of ether oxygens (including phenoxy) is 2. The first-order valence-corrected chi connectivity index (χ1v) is 19.2. The second kappa shape index (κ2) is 16.5. The fourth-order valence-corrected chi connectivity index (χ4v) is 9.26. The molecule has 10 nitrogen and oxygen atoms in total. The molecule has 3 heterocycles. The Morgan fingerprint density at radius 1 is 1.15 bits per heavy atom. The number of aliphatic hydroxyl groups is 1. The van der Waals surface area contributed by atoms with Crippen LogP contribution in [0.5, 0.6) is 0 Å². The summed E-state index contributed by atoms with van der Waals surface area (Å²) in [5, 5.41) is 13.8. The predicted octanol–water partition coefficient (Wildman–Crippen LogP) is 5.73. The molecule has 5 rings (SSSR count). The van der Waals surface area contributed by atoms with Crippen LogP contribution < -0.4 is 10.2 Å². The highest BCUT2D eigenvalue weighted by Crippen LogP contribution is 2.61. The van der Waals surface area contributed by atoms with Crippen LogP contribution in [0, 0.1) is 31.6 Å². The number of carbonyl (C=O) groups is 4. The largest absolute Gasteiger partial charge is 0.455 e. The van der Waals surface area contributed by atoms with E-state index in [-0.39, 0.29) is 42.1 Å². The van der Waals surface area contributed by atoms with Crippen LogP contribution in [0.1, 0.15) is 69.2 Å². The van der Waals surface area contributed by atoms with Crippen LogP contribution in [0.2, 0.25) is 0 Å². The number of aliphatic hydroxyl groups excluding tert-OH is 1. The molecule has 3 fully saturated rings. The maximum atomic E-state index is 15.2. The lowest BCUT2D eigenvalue weighted by Gasteiger charge is -2.41. The molecule has 0 radical (unpaired) electrons. The van der Waals surface area contributed by atoms with Crippen molar-refractivity contribution in [3.63, 3.8) is 0 Å². The van der Waals surface area contributed by atoms with Crippen molar-refractivity contribution >= 4 is 45.3 Å². The topological polar surface area (TPSA) is 125 Å². The molecule has 3 amide bonds. The summed E-state index contributed by atoms with van der Waals surface area (Å²) in [6.45, 7) is 17.0. The number of nitrogens with zero attached hydrogens (tertiary/aromatic N) is 2. The van der Waals surface area contributed by atoms with E-state index in [1.54, 1.807) is 24.0 Å². The van der Waals surface area contributed by atoms with Gasteiger partial charge in [0, 0.05) is 23.5 Å². The highest BCUT2D eigenvalue weighted by Gasteiger charge is 2.78. The van der Waals surface area contributed by atoms with Crippen molar-refractivity contribution in [3.05, 3.63) is 90.5 Å². The standard InChI is InChI=1S/C41H52BrN3O7/c1-8-11-17-32(47)43-27(7)35(28-15-13-12-14-16-28)51-40(50)33-34-38(48)45(31(23-46)25(5)10-3)37(41(34)22-29(42)36(33)52-41)39(49)44(20-9-2)30-21-24(4)18-19-26(30)6/h8-9,12-16,18-19,21,25,27,29,31,33-37,46H,1-2,10-11,17,20,22-23H2,3-7H3,(H,43,47)/t25-,27+,29?,31-,33+,34-,35+,36+,37+,41-/m0/s1. The molecule has 1 spiro atoms. The van der Waals surface area contributed by atoms with Crippen LogP contribution in [0.25, 0.3) is 0 Å². The van der Waals surface area contributed by atoms with Gasteiger partial charge >= 0.3 is 5.97 Å². The number of carbonyl (C=O) groups excluding carboxylic acids is 4. The predicted molar refractivity (Wildman–Crippen MR) is 204 cm³/mol. The Balaban J connectivity index is 1.57. The maximum absolute atomic E-state index is 15.2. The molecule has 11 heteroatoms. The number of aryl methyl sites for hydroxylation is 2. The van der Waals surface area contributed by atoms with Gasteiger partial charge in [0.05, 0.1) is 36.6 Å². The normalized spacial score (nSPS) is 26.9. The fraction of sp³-hybridized carbons (Fsp3) is 0.512. The summed E-state index contributed by atoms with van der Waals surface area (Å²) in [4.78, 5) is 60.2. The Labute approximate surface area is 315 Å². The van der Waals surface area contributed by atoms with Gasteiger partial charge in [0.25, 0.3) is 5.91 Å². The number of esters is 1. The molecule has 0 aliphatic carbocycles. The number of allylic oxidation sites excluding steroid dienone is 1. The molecule has 1 unspecified atom stereocenters. The van der Waals surface area contributed by atoms with E-state index in [1.165, 1.54) is 4.90 Å². The van der Waals surface area contributed by atoms with Crippen LogP contribution in [-0.2, 0) is 28.7 Å². The van der Waals surface area contributed by atoms with Gasteiger partial charge in [-0.2, -0.15) is 0 Å². The number of hydrogen-bond acceptors (Lipinski definition) is 7. The van der Waals surface area contributed by atoms with Crippen molar-refractivity contribution < 1.29 is 33.8 Å². The monoisotopic (exact) mass is 777 g/mol. The van der Waals surface area contributed by atoms with Gasteiger partial charge in [-0.05, 0) is 62.3 Å². The first-order chi connectivity index (χ1) is 24.8. The summed E-state index contributed by atoms with van der Waals surface area (Å²) >= 11 is 3.76. The highest BCUT2D eigenvalue weighted by atomic mass is 79.9. The third-order valence-electron chi connectivity index (χ3n) is 11.1. The van der Waals surface area contributed by atoms with Gasteiger partial charge in [0.1, 0.15) is 17.7 Å². The number of fused-ring (bicyclic) bond motifs is 1. The average Bonchev–Trinajstić information content (AvgIpc) is 3.73. The van der Waals surface area contributed by atoms with Gasteiger partial charge < -0.3 is 29.7 Å². The number of nitrogens with one attached hydrogen (secondary N) is 1. The minimum atomic E-state index is -1.37. The second-order valence-electron chi connectivity index (χ2n) is 14.5. The van der Waals surface area contributed by atoms with Crippen LogP contribution >= 0.6 is 15.9 Å². The van der Waals surface area contributed by atoms with E-state index in [1.807, 2.05) is 76.2 Å². The second-order valence-corrected chi connectivity index (χ2v) is 15.7. The molecule has 10 atom stereocenters. The zero-order valence-corrected chi connectivity index (χ0v) is 32.4. The van der Waals surface area contributed by atoms with E-state index >= 15 is 4.79 Å². The Hall–Kier alpha value is -3.80. The van der Waals surface area contributed by atoms with Gasteiger partial charge in [-0.25, -0.2) is 0 Å². The summed E-state index contributed by atoms with van der Waals surface area (Å²) < 4.78 is 13.1. The third kappa shape index (κ3) is 7.24. The Morgan fingerprint density at radius 2 is 1.87 bits per heavy atom. The van der Waals surface area contributed by atoms with Crippen LogP contribution in [0.15, 0.2) is 73.8 Å². The Kier molecular flexibility index (Phi) is 12.5. The van der Waals surface area contributed by atoms with Gasteiger partial charge in [0.15, 0.2) is 0 Å². The Morgan fingerprint density at radius 3 is 2.50 bits per heavy atom. The van der Waals surface area contributed by atoms with Gasteiger partial charge in [0.2, 0.25) is 11.8 Å². The van der Waals surface area contributed by atoms with Crippen LogP contribution in [-0.4, -0.2) is 81.5 Å². The van der Waals surface area contributed by atoms with E-state index in [0.29, 0.717) is 30.5 Å². The van der Waals surface area contributed by atoms with Crippen LogP contribution in [0.3, 0.4) is 0 Å². The number of benzene rings is 2. The maximum Gasteiger partial charge on any atom is 0.313 e. The molecule has 2 bridgehead atoms. The summed E-state index contributed by atoms with van der Waals surface area (Å²) in [6, 6.07) is 12.6. The molecule has 3 aliphatic heterocycles. The summed E-state index contributed by atoms with van der Waals surface area (Å²) in [5.74, 6) is -3.88. The highest BCUT2D eigenvalue weighted by molar-refractivity contribution is 9.09. The molecule has 3 aliphatic rings.